The van der Waals surface area contributed by atoms with E-state index >= 15 is 0 Å². The third kappa shape index (κ3) is 4.36. The van der Waals surface area contributed by atoms with Gasteiger partial charge in [-0.2, -0.15) is 13.2 Å². The molecule has 0 bridgehead atoms. The Morgan fingerprint density at radius 1 is 1.11 bits per heavy atom. The van der Waals surface area contributed by atoms with E-state index in [-0.39, 0.29) is 33.8 Å². The summed E-state index contributed by atoms with van der Waals surface area (Å²) in [6, 6.07) is 6.27. The lowest BCUT2D eigenvalue weighted by Gasteiger charge is -2.15. The Hall–Kier alpha value is -3.23. The molecule has 0 aromatic heterocycles. The van der Waals surface area contributed by atoms with Crippen LogP contribution in [0.15, 0.2) is 42.1 Å². The van der Waals surface area contributed by atoms with E-state index in [1.165, 1.54) is 18.2 Å². The van der Waals surface area contributed by atoms with Crippen molar-refractivity contribution in [1.29, 1.82) is 0 Å². The summed E-state index contributed by atoms with van der Waals surface area (Å²) in [5.41, 5.74) is 16.0. The van der Waals surface area contributed by atoms with Gasteiger partial charge in [0, 0.05) is 28.9 Å². The van der Waals surface area contributed by atoms with Gasteiger partial charge in [-0.3, -0.25) is 4.79 Å². The second kappa shape index (κ2) is 8.20. The second-order valence-corrected chi connectivity index (χ2v) is 6.04. The molecule has 0 spiro atoms. The summed E-state index contributed by atoms with van der Waals surface area (Å²) in [7, 11) is 0. The summed E-state index contributed by atoms with van der Waals surface area (Å²) < 4.78 is 53.2. The number of nitrogens with two attached hydrogens (primary N) is 3. The molecular weight excluding hydrogens is 376 g/mol. The number of alkyl halides is 3. The lowest BCUT2D eigenvalue weighted by Crippen LogP contribution is -2.31. The van der Waals surface area contributed by atoms with Crippen LogP contribution >= 0.6 is 0 Å². The van der Waals surface area contributed by atoms with Crippen LogP contribution in [0.25, 0.3) is 16.8 Å². The Morgan fingerprint density at radius 2 is 1.79 bits per heavy atom. The average Bonchev–Trinajstić information content (AvgIpc) is 2.64. The fourth-order valence-corrected chi connectivity index (χ4v) is 2.54. The predicted molar refractivity (Wildman–Crippen MR) is 99.8 cm³/mol. The van der Waals surface area contributed by atoms with Gasteiger partial charge in [-0.1, -0.05) is 25.1 Å². The van der Waals surface area contributed by atoms with Crippen LogP contribution in [0.5, 0.6) is 0 Å². The van der Waals surface area contributed by atoms with Gasteiger partial charge < -0.3 is 22.5 Å². The number of carbonyl (C=O) groups excluding carboxylic acids is 1. The molecule has 150 valence electrons. The number of halogens is 4. The zero-order chi connectivity index (χ0) is 21.1. The zero-order valence-corrected chi connectivity index (χ0v) is 15.0. The van der Waals surface area contributed by atoms with Crippen molar-refractivity contribution in [2.24, 2.45) is 11.5 Å². The smallest absolute Gasteiger partial charge is 0.398 e. The Balaban J connectivity index is 2.56. The van der Waals surface area contributed by atoms with Gasteiger partial charge in [0.2, 0.25) is 0 Å². The minimum Gasteiger partial charge on any atom is -0.398 e. The number of nitrogen functional groups attached to an aromatic ring is 1. The molecule has 0 aliphatic heterocycles. The van der Waals surface area contributed by atoms with Crippen LogP contribution in [0.2, 0.25) is 0 Å². The highest BCUT2D eigenvalue weighted by Crippen LogP contribution is 2.37. The second-order valence-electron chi connectivity index (χ2n) is 6.04. The maximum Gasteiger partial charge on any atom is 0.416 e. The summed E-state index contributed by atoms with van der Waals surface area (Å²) >= 11 is 0. The topological polar surface area (TPSA) is 107 Å². The van der Waals surface area contributed by atoms with Gasteiger partial charge in [-0.25, -0.2) is 4.39 Å². The van der Waals surface area contributed by atoms with E-state index in [0.29, 0.717) is 25.1 Å². The Labute approximate surface area is 159 Å². The number of para-hydroxylation sites is 1. The number of benzene rings is 2. The molecule has 1 amide bonds. The van der Waals surface area contributed by atoms with Crippen LogP contribution in [0.1, 0.15) is 24.5 Å². The lowest BCUT2D eigenvalue weighted by molar-refractivity contribution is -0.137. The van der Waals surface area contributed by atoms with Gasteiger partial charge in [0.15, 0.2) is 0 Å². The third-order valence-electron chi connectivity index (χ3n) is 4.05. The highest BCUT2D eigenvalue weighted by molar-refractivity contribution is 6.01. The largest absolute Gasteiger partial charge is 0.416 e. The van der Waals surface area contributed by atoms with Crippen molar-refractivity contribution in [2.45, 2.75) is 19.5 Å². The first-order valence-corrected chi connectivity index (χ1v) is 8.37. The molecular formula is C19H20F4N4O. The van der Waals surface area contributed by atoms with E-state index in [2.05, 4.69) is 5.32 Å². The molecule has 2 rings (SSSR count). The molecule has 5 nitrogen and oxygen atoms in total. The fourth-order valence-electron chi connectivity index (χ4n) is 2.54. The Kier molecular flexibility index (Phi) is 6.17. The van der Waals surface area contributed by atoms with Crippen LogP contribution in [0.3, 0.4) is 0 Å². The molecule has 9 heteroatoms. The number of amides is 1. The van der Waals surface area contributed by atoms with Crippen LogP contribution < -0.4 is 22.5 Å². The highest BCUT2D eigenvalue weighted by atomic mass is 19.4. The molecule has 0 saturated carbocycles. The molecule has 2 aromatic rings. The van der Waals surface area contributed by atoms with E-state index in [4.69, 9.17) is 17.2 Å². The number of anilines is 1. The van der Waals surface area contributed by atoms with Crippen LogP contribution in [0.4, 0.5) is 23.2 Å². The van der Waals surface area contributed by atoms with Gasteiger partial charge in [0.05, 0.1) is 11.3 Å². The monoisotopic (exact) mass is 396 g/mol. The van der Waals surface area contributed by atoms with E-state index in [1.807, 2.05) is 6.92 Å². The minimum atomic E-state index is -4.64. The Morgan fingerprint density at radius 3 is 2.39 bits per heavy atom. The van der Waals surface area contributed by atoms with Crippen molar-refractivity contribution >= 4 is 17.3 Å². The number of hydrogen-bond donors (Lipinski definition) is 4. The molecule has 28 heavy (non-hydrogen) atoms. The molecule has 0 aliphatic rings. The highest BCUT2D eigenvalue weighted by Gasteiger charge is 2.31. The summed E-state index contributed by atoms with van der Waals surface area (Å²) in [6.45, 7) is 2.24. The number of rotatable bonds is 5. The standard InChI is InChI=1S/C19H20F4N4O/c1-2-8-27-18(28)17(26)16(25)12-5-3-4-11(15(12)24)13-9-10(19(21,22)23)6-7-14(13)20/h3-7,9H,2,8,24-26H2,1H3,(H,27,28)/b17-16+. The van der Waals surface area contributed by atoms with Crippen molar-refractivity contribution < 1.29 is 22.4 Å². The van der Waals surface area contributed by atoms with Crippen molar-refractivity contribution in [3.63, 3.8) is 0 Å². The molecule has 2 aromatic carbocycles. The minimum absolute atomic E-state index is 0.00539. The molecule has 0 aliphatic carbocycles. The first-order chi connectivity index (χ1) is 13.1. The summed E-state index contributed by atoms with van der Waals surface area (Å²) in [4.78, 5) is 12.0. The van der Waals surface area contributed by atoms with Gasteiger partial charge in [0.25, 0.3) is 5.91 Å². The molecule has 0 heterocycles. The average molecular weight is 396 g/mol. The number of hydrogen-bond acceptors (Lipinski definition) is 4. The maximum atomic E-state index is 14.2. The van der Waals surface area contributed by atoms with Gasteiger partial charge in [-0.15, -0.1) is 0 Å². The van der Waals surface area contributed by atoms with Gasteiger partial charge in [-0.05, 0) is 24.6 Å². The SMILES string of the molecule is CCCNC(=O)/C(N)=C(\N)c1cccc(-c2cc(C(F)(F)F)ccc2F)c1N. The Bertz CT molecular complexity index is 923. The zero-order valence-electron chi connectivity index (χ0n) is 15.0. The maximum absolute atomic E-state index is 14.2. The number of carbonyl (C=O) groups is 1. The van der Waals surface area contributed by atoms with Gasteiger partial charge >= 0.3 is 6.18 Å². The van der Waals surface area contributed by atoms with Crippen molar-refractivity contribution in [3.05, 3.63) is 59.0 Å². The van der Waals surface area contributed by atoms with Gasteiger partial charge in [0.1, 0.15) is 11.5 Å². The van der Waals surface area contributed by atoms with E-state index in [0.717, 1.165) is 6.07 Å². The van der Waals surface area contributed by atoms with Crippen molar-refractivity contribution in [1.82, 2.24) is 5.32 Å². The first-order valence-electron chi connectivity index (χ1n) is 8.37. The molecule has 0 fully saturated rings. The lowest BCUT2D eigenvalue weighted by atomic mass is 9.96. The van der Waals surface area contributed by atoms with Crippen LogP contribution in [-0.2, 0) is 11.0 Å². The van der Waals surface area contributed by atoms with Crippen LogP contribution in [-0.4, -0.2) is 12.5 Å². The normalized spacial score (nSPS) is 12.5. The molecule has 0 radical (unpaired) electrons. The fraction of sp³-hybridized carbons (Fsp3) is 0.211. The predicted octanol–water partition coefficient (Wildman–Crippen LogP) is 3.21. The molecule has 0 saturated heterocycles. The van der Waals surface area contributed by atoms with Crippen molar-refractivity contribution in [2.75, 3.05) is 12.3 Å². The summed E-state index contributed by atoms with van der Waals surface area (Å²) in [6.07, 6.45) is -3.96. The van der Waals surface area contributed by atoms with E-state index in [9.17, 15) is 22.4 Å². The summed E-state index contributed by atoms with van der Waals surface area (Å²) in [5, 5.41) is 2.55. The van der Waals surface area contributed by atoms with Crippen LogP contribution in [0, 0.1) is 5.82 Å². The first kappa shape index (κ1) is 21.1. The molecule has 0 unspecified atom stereocenters. The molecule has 7 N–H and O–H groups in total. The van der Waals surface area contributed by atoms with E-state index < -0.39 is 23.5 Å². The third-order valence-corrected chi connectivity index (χ3v) is 4.05. The van der Waals surface area contributed by atoms with E-state index in [1.54, 1.807) is 0 Å². The van der Waals surface area contributed by atoms with Crippen molar-refractivity contribution in [3.8, 4) is 11.1 Å². The molecule has 0 atom stereocenters. The summed E-state index contributed by atoms with van der Waals surface area (Å²) in [5.74, 6) is -1.48. The quantitative estimate of drug-likeness (QED) is 0.354. The number of nitrogens with one attached hydrogen (secondary N) is 1.